The van der Waals surface area contributed by atoms with Gasteiger partial charge in [-0.2, -0.15) is 0 Å². The summed E-state index contributed by atoms with van der Waals surface area (Å²) in [6.07, 6.45) is 3.51. The van der Waals surface area contributed by atoms with Crippen LogP contribution in [0.1, 0.15) is 33.1 Å². The summed E-state index contributed by atoms with van der Waals surface area (Å²) in [7, 11) is 0. The molecule has 2 fully saturated rings. The lowest BCUT2D eigenvalue weighted by atomic mass is 9.81. The quantitative estimate of drug-likeness (QED) is 0.706. The predicted molar refractivity (Wildman–Crippen MR) is 60.6 cm³/mol. The molecule has 1 saturated carbocycles. The first-order valence-corrected chi connectivity index (χ1v) is 6.11. The van der Waals surface area contributed by atoms with E-state index in [-0.39, 0.29) is 11.3 Å². The molecule has 0 aromatic heterocycles. The zero-order valence-corrected chi connectivity index (χ0v) is 9.88. The number of nitrogens with one attached hydrogen (secondary N) is 1. The first-order chi connectivity index (χ1) is 7.11. The summed E-state index contributed by atoms with van der Waals surface area (Å²) < 4.78 is 0. The second-order valence-electron chi connectivity index (χ2n) is 5.51. The standard InChI is InChI=1S/C12H22N2O/c1-12(2)5-3-4-10(12)11(15)14-8-6-13-7-9-14/h10,13H,3-9H2,1-2H3. The third-order valence-electron chi connectivity index (χ3n) is 3.98. The molecule has 15 heavy (non-hydrogen) atoms. The SMILES string of the molecule is CC1(C)CCCC1C(=O)N1CCNCC1. The smallest absolute Gasteiger partial charge is 0.226 e. The lowest BCUT2D eigenvalue weighted by Crippen LogP contribution is -2.49. The number of nitrogens with zero attached hydrogens (tertiary/aromatic N) is 1. The van der Waals surface area contributed by atoms with Crippen LogP contribution in [-0.4, -0.2) is 37.0 Å². The van der Waals surface area contributed by atoms with Crippen LogP contribution in [0, 0.1) is 11.3 Å². The van der Waals surface area contributed by atoms with Crippen molar-refractivity contribution < 1.29 is 4.79 Å². The van der Waals surface area contributed by atoms with Gasteiger partial charge in [0.25, 0.3) is 0 Å². The minimum Gasteiger partial charge on any atom is -0.340 e. The van der Waals surface area contributed by atoms with Crippen molar-refractivity contribution in [3.8, 4) is 0 Å². The van der Waals surface area contributed by atoms with Gasteiger partial charge in [0.05, 0.1) is 0 Å². The number of piperazine rings is 1. The van der Waals surface area contributed by atoms with E-state index < -0.39 is 0 Å². The zero-order chi connectivity index (χ0) is 10.9. The number of hydrogen-bond donors (Lipinski definition) is 1. The number of carbonyl (C=O) groups excluding carboxylic acids is 1. The summed E-state index contributed by atoms with van der Waals surface area (Å²) >= 11 is 0. The molecule has 1 aliphatic heterocycles. The van der Waals surface area contributed by atoms with Gasteiger partial charge in [-0.3, -0.25) is 4.79 Å². The Bertz CT molecular complexity index is 244. The Labute approximate surface area is 92.2 Å². The molecule has 0 bridgehead atoms. The predicted octanol–water partition coefficient (Wildman–Crippen LogP) is 1.24. The van der Waals surface area contributed by atoms with Crippen LogP contribution >= 0.6 is 0 Å². The molecule has 0 spiro atoms. The number of rotatable bonds is 1. The Hall–Kier alpha value is -0.570. The maximum absolute atomic E-state index is 12.3. The van der Waals surface area contributed by atoms with E-state index in [2.05, 4.69) is 19.2 Å². The van der Waals surface area contributed by atoms with Crippen LogP contribution in [0.2, 0.25) is 0 Å². The molecule has 3 heteroatoms. The van der Waals surface area contributed by atoms with E-state index in [1.54, 1.807) is 0 Å². The van der Waals surface area contributed by atoms with Gasteiger partial charge in [-0.05, 0) is 18.3 Å². The van der Waals surface area contributed by atoms with Gasteiger partial charge in [0.15, 0.2) is 0 Å². The molecule has 1 N–H and O–H groups in total. The number of amides is 1. The van der Waals surface area contributed by atoms with Crippen LogP contribution in [0.5, 0.6) is 0 Å². The van der Waals surface area contributed by atoms with Crippen LogP contribution in [0.3, 0.4) is 0 Å². The Morgan fingerprint density at radius 2 is 2.00 bits per heavy atom. The summed E-state index contributed by atoms with van der Waals surface area (Å²) in [6, 6.07) is 0. The summed E-state index contributed by atoms with van der Waals surface area (Å²) in [5.74, 6) is 0.676. The highest BCUT2D eigenvalue weighted by Crippen LogP contribution is 2.43. The van der Waals surface area contributed by atoms with Gasteiger partial charge in [0, 0.05) is 32.1 Å². The number of hydrogen-bond acceptors (Lipinski definition) is 2. The molecule has 1 heterocycles. The maximum atomic E-state index is 12.3. The molecule has 2 aliphatic rings. The second-order valence-corrected chi connectivity index (χ2v) is 5.51. The Kier molecular flexibility index (Phi) is 3.01. The largest absolute Gasteiger partial charge is 0.340 e. The van der Waals surface area contributed by atoms with E-state index in [9.17, 15) is 4.79 Å². The molecule has 1 saturated heterocycles. The first kappa shape index (κ1) is 10.9. The third kappa shape index (κ3) is 2.17. The zero-order valence-electron chi connectivity index (χ0n) is 9.88. The van der Waals surface area contributed by atoms with Crippen molar-refractivity contribution in [3.63, 3.8) is 0 Å². The molecule has 1 unspecified atom stereocenters. The molecule has 86 valence electrons. The van der Waals surface area contributed by atoms with E-state index in [0.717, 1.165) is 32.6 Å². The van der Waals surface area contributed by atoms with Gasteiger partial charge < -0.3 is 10.2 Å². The molecular formula is C12H22N2O. The van der Waals surface area contributed by atoms with Gasteiger partial charge in [0.1, 0.15) is 0 Å². The van der Waals surface area contributed by atoms with E-state index in [1.807, 2.05) is 4.90 Å². The number of carbonyl (C=O) groups is 1. The second kappa shape index (κ2) is 4.12. The molecule has 0 aromatic carbocycles. The van der Waals surface area contributed by atoms with Crippen molar-refractivity contribution in [3.05, 3.63) is 0 Å². The highest BCUT2D eigenvalue weighted by atomic mass is 16.2. The molecule has 0 radical (unpaired) electrons. The van der Waals surface area contributed by atoms with Crippen LogP contribution < -0.4 is 5.32 Å². The van der Waals surface area contributed by atoms with Crippen LogP contribution in [0.25, 0.3) is 0 Å². The minimum absolute atomic E-state index is 0.224. The van der Waals surface area contributed by atoms with Crippen molar-refractivity contribution in [2.24, 2.45) is 11.3 Å². The van der Waals surface area contributed by atoms with E-state index in [1.165, 1.54) is 12.8 Å². The fraction of sp³-hybridized carbons (Fsp3) is 0.917. The van der Waals surface area contributed by atoms with Gasteiger partial charge in [0.2, 0.25) is 5.91 Å². The monoisotopic (exact) mass is 210 g/mol. The van der Waals surface area contributed by atoms with E-state index in [0.29, 0.717) is 5.91 Å². The van der Waals surface area contributed by atoms with Crippen molar-refractivity contribution in [1.82, 2.24) is 10.2 Å². The molecule has 1 atom stereocenters. The van der Waals surface area contributed by atoms with Gasteiger partial charge >= 0.3 is 0 Å². The lowest BCUT2D eigenvalue weighted by molar-refractivity contribution is -0.138. The first-order valence-electron chi connectivity index (χ1n) is 6.11. The highest BCUT2D eigenvalue weighted by Gasteiger charge is 2.41. The van der Waals surface area contributed by atoms with Crippen LogP contribution in [-0.2, 0) is 4.79 Å². The Morgan fingerprint density at radius 1 is 1.33 bits per heavy atom. The molecular weight excluding hydrogens is 188 g/mol. The van der Waals surface area contributed by atoms with Crippen LogP contribution in [0.15, 0.2) is 0 Å². The van der Waals surface area contributed by atoms with Gasteiger partial charge in [-0.1, -0.05) is 20.3 Å². The van der Waals surface area contributed by atoms with Crippen LogP contribution in [0.4, 0.5) is 0 Å². The average Bonchev–Trinajstić information content (AvgIpc) is 2.58. The van der Waals surface area contributed by atoms with Gasteiger partial charge in [-0.25, -0.2) is 0 Å². The summed E-state index contributed by atoms with van der Waals surface area (Å²) in [5, 5.41) is 3.29. The molecule has 1 aliphatic carbocycles. The Balaban J connectivity index is 2.00. The summed E-state index contributed by atoms with van der Waals surface area (Å²) in [4.78, 5) is 14.4. The average molecular weight is 210 g/mol. The van der Waals surface area contributed by atoms with Crippen molar-refractivity contribution in [2.45, 2.75) is 33.1 Å². The maximum Gasteiger partial charge on any atom is 0.226 e. The van der Waals surface area contributed by atoms with Crippen molar-refractivity contribution >= 4 is 5.91 Å². The van der Waals surface area contributed by atoms with Gasteiger partial charge in [-0.15, -0.1) is 0 Å². The fourth-order valence-electron chi connectivity index (χ4n) is 2.89. The minimum atomic E-state index is 0.224. The lowest BCUT2D eigenvalue weighted by Gasteiger charge is -2.34. The topological polar surface area (TPSA) is 32.3 Å². The van der Waals surface area contributed by atoms with Crippen molar-refractivity contribution in [1.29, 1.82) is 0 Å². The normalized spacial score (nSPS) is 30.5. The van der Waals surface area contributed by atoms with E-state index >= 15 is 0 Å². The van der Waals surface area contributed by atoms with Crippen molar-refractivity contribution in [2.75, 3.05) is 26.2 Å². The Morgan fingerprint density at radius 3 is 2.53 bits per heavy atom. The summed E-state index contributed by atoms with van der Waals surface area (Å²) in [6.45, 7) is 8.18. The molecule has 0 aromatic rings. The third-order valence-corrected chi connectivity index (χ3v) is 3.98. The molecule has 1 amide bonds. The van der Waals surface area contributed by atoms with E-state index in [4.69, 9.17) is 0 Å². The fourth-order valence-corrected chi connectivity index (χ4v) is 2.89. The highest BCUT2D eigenvalue weighted by molar-refractivity contribution is 5.80. The summed E-state index contributed by atoms with van der Waals surface area (Å²) in [5.41, 5.74) is 0.224. The molecule has 2 rings (SSSR count). The molecule has 3 nitrogen and oxygen atoms in total.